The Hall–Kier alpha value is -2.02. The second-order valence-corrected chi connectivity index (χ2v) is 10.4. The fraction of sp³-hybridized carbons (Fsp3) is 0.458. The van der Waals surface area contributed by atoms with Crippen molar-refractivity contribution >= 4 is 39.7 Å². The molecule has 1 aromatic carbocycles. The number of thiazole rings is 1. The first-order chi connectivity index (χ1) is 15.2. The Morgan fingerprint density at radius 3 is 2.94 bits per heavy atom. The van der Waals surface area contributed by atoms with Gasteiger partial charge in [0, 0.05) is 41.2 Å². The van der Waals surface area contributed by atoms with E-state index >= 15 is 0 Å². The molecule has 0 spiro atoms. The molecule has 0 atom stereocenters. The molecule has 0 unspecified atom stereocenters. The second-order valence-electron chi connectivity index (χ2n) is 8.72. The van der Waals surface area contributed by atoms with Crippen LogP contribution < -0.4 is 5.32 Å². The number of rotatable bonds is 5. The summed E-state index contributed by atoms with van der Waals surface area (Å²) in [5.74, 6) is 0.767. The van der Waals surface area contributed by atoms with Gasteiger partial charge in [0.1, 0.15) is 0 Å². The lowest BCUT2D eigenvalue weighted by Gasteiger charge is -2.32. The zero-order valence-corrected chi connectivity index (χ0v) is 19.1. The summed E-state index contributed by atoms with van der Waals surface area (Å²) in [5.41, 5.74) is 2.76. The average molecular weight is 455 g/mol. The summed E-state index contributed by atoms with van der Waals surface area (Å²) in [7, 11) is 0. The molecule has 0 saturated heterocycles. The SMILES string of the molecule is O=C(NC1CCC(CCN2CCc3sc(Cl)nc3C2)CC1)c1cccc2ncccc12. The largest absolute Gasteiger partial charge is 0.349 e. The van der Waals surface area contributed by atoms with Gasteiger partial charge in [-0.15, -0.1) is 11.3 Å². The first-order valence-corrected chi connectivity index (χ1v) is 12.4. The summed E-state index contributed by atoms with van der Waals surface area (Å²) in [6, 6.07) is 9.87. The monoisotopic (exact) mass is 454 g/mol. The number of carbonyl (C=O) groups is 1. The highest BCUT2D eigenvalue weighted by atomic mass is 35.5. The van der Waals surface area contributed by atoms with E-state index in [2.05, 4.69) is 20.2 Å². The smallest absolute Gasteiger partial charge is 0.252 e. The first kappa shape index (κ1) is 20.9. The van der Waals surface area contributed by atoms with Crippen molar-refractivity contribution in [1.82, 2.24) is 20.2 Å². The molecular formula is C24H27ClN4OS. The quantitative estimate of drug-likeness (QED) is 0.583. The molecule has 1 aliphatic heterocycles. The van der Waals surface area contributed by atoms with Gasteiger partial charge in [-0.2, -0.15) is 0 Å². The minimum Gasteiger partial charge on any atom is -0.349 e. The Bertz CT molecular complexity index is 1070. The van der Waals surface area contributed by atoms with Gasteiger partial charge in [-0.05, 0) is 69.2 Å². The lowest BCUT2D eigenvalue weighted by Crippen LogP contribution is -2.38. The number of fused-ring (bicyclic) bond motifs is 2. The highest BCUT2D eigenvalue weighted by Crippen LogP contribution is 2.30. The number of hydrogen-bond donors (Lipinski definition) is 1. The second kappa shape index (κ2) is 9.23. The Balaban J connectivity index is 1.10. The van der Waals surface area contributed by atoms with E-state index in [9.17, 15) is 4.79 Å². The van der Waals surface area contributed by atoms with Crippen LogP contribution in [-0.4, -0.2) is 39.9 Å². The van der Waals surface area contributed by atoms with Crippen LogP contribution in [0.2, 0.25) is 4.47 Å². The molecule has 2 aliphatic rings. The molecule has 7 heteroatoms. The minimum atomic E-state index is 0.0214. The maximum Gasteiger partial charge on any atom is 0.252 e. The van der Waals surface area contributed by atoms with E-state index in [1.165, 1.54) is 29.8 Å². The van der Waals surface area contributed by atoms with Crippen LogP contribution in [0.4, 0.5) is 0 Å². The molecule has 5 nitrogen and oxygen atoms in total. The summed E-state index contributed by atoms with van der Waals surface area (Å²) < 4.78 is 0.673. The fourth-order valence-electron chi connectivity index (χ4n) is 4.94. The number of pyridine rings is 1. The van der Waals surface area contributed by atoms with Gasteiger partial charge < -0.3 is 5.32 Å². The number of carbonyl (C=O) groups excluding carboxylic acids is 1. The molecule has 2 aromatic heterocycles. The van der Waals surface area contributed by atoms with Gasteiger partial charge >= 0.3 is 0 Å². The molecule has 3 heterocycles. The number of benzene rings is 1. The molecular weight excluding hydrogens is 428 g/mol. The van der Waals surface area contributed by atoms with Gasteiger partial charge in [-0.3, -0.25) is 14.7 Å². The molecule has 0 radical (unpaired) electrons. The van der Waals surface area contributed by atoms with Crippen LogP contribution in [-0.2, 0) is 13.0 Å². The lowest BCUT2D eigenvalue weighted by atomic mass is 9.84. The maximum absolute atomic E-state index is 12.9. The van der Waals surface area contributed by atoms with Gasteiger partial charge in [0.05, 0.1) is 11.2 Å². The van der Waals surface area contributed by atoms with Crippen molar-refractivity contribution < 1.29 is 4.79 Å². The molecule has 0 bridgehead atoms. The van der Waals surface area contributed by atoms with Crippen molar-refractivity contribution in [3.63, 3.8) is 0 Å². The van der Waals surface area contributed by atoms with Crippen LogP contribution in [0.25, 0.3) is 10.9 Å². The van der Waals surface area contributed by atoms with Crippen molar-refractivity contribution in [3.8, 4) is 0 Å². The number of hydrogen-bond acceptors (Lipinski definition) is 5. The van der Waals surface area contributed by atoms with Gasteiger partial charge in [0.25, 0.3) is 5.91 Å². The van der Waals surface area contributed by atoms with Crippen molar-refractivity contribution in [2.45, 2.75) is 51.1 Å². The fourth-order valence-corrected chi connectivity index (χ4v) is 6.10. The predicted octanol–water partition coefficient (Wildman–Crippen LogP) is 5.08. The van der Waals surface area contributed by atoms with Gasteiger partial charge in [0.2, 0.25) is 0 Å². The first-order valence-electron chi connectivity index (χ1n) is 11.2. The van der Waals surface area contributed by atoms with E-state index in [1.54, 1.807) is 17.5 Å². The molecule has 1 N–H and O–H groups in total. The van der Waals surface area contributed by atoms with Crippen LogP contribution in [0.1, 0.15) is 53.0 Å². The summed E-state index contributed by atoms with van der Waals surface area (Å²) in [5, 5.41) is 4.19. The maximum atomic E-state index is 12.9. The van der Waals surface area contributed by atoms with Gasteiger partial charge in [-0.1, -0.05) is 23.7 Å². The molecule has 3 aromatic rings. The summed E-state index contributed by atoms with van der Waals surface area (Å²) in [4.78, 5) is 25.6. The number of nitrogens with zero attached hydrogens (tertiary/aromatic N) is 3. The Labute approximate surface area is 191 Å². The highest BCUT2D eigenvalue weighted by Gasteiger charge is 2.25. The van der Waals surface area contributed by atoms with Gasteiger partial charge in [0.15, 0.2) is 4.47 Å². The third-order valence-corrected chi connectivity index (χ3v) is 7.97. The molecule has 1 fully saturated rings. The molecule has 31 heavy (non-hydrogen) atoms. The minimum absolute atomic E-state index is 0.0214. The predicted molar refractivity (Wildman–Crippen MR) is 126 cm³/mol. The van der Waals surface area contributed by atoms with E-state index < -0.39 is 0 Å². The number of amides is 1. The van der Waals surface area contributed by atoms with Crippen LogP contribution in [0.5, 0.6) is 0 Å². The Morgan fingerprint density at radius 2 is 2.06 bits per heavy atom. The third kappa shape index (κ3) is 4.76. The van der Waals surface area contributed by atoms with E-state index in [1.807, 2.05) is 30.3 Å². The molecule has 1 saturated carbocycles. The molecule has 162 valence electrons. The summed E-state index contributed by atoms with van der Waals surface area (Å²) in [6.07, 6.45) is 8.55. The van der Waals surface area contributed by atoms with Crippen molar-refractivity contribution in [1.29, 1.82) is 0 Å². The van der Waals surface area contributed by atoms with Crippen molar-refractivity contribution in [2.24, 2.45) is 5.92 Å². The average Bonchev–Trinajstić information content (AvgIpc) is 3.17. The Kier molecular flexibility index (Phi) is 6.21. The van der Waals surface area contributed by atoms with Crippen LogP contribution in [0.15, 0.2) is 36.5 Å². The molecule has 1 aliphatic carbocycles. The van der Waals surface area contributed by atoms with Crippen LogP contribution >= 0.6 is 22.9 Å². The topological polar surface area (TPSA) is 58.1 Å². The van der Waals surface area contributed by atoms with Crippen molar-refractivity contribution in [3.05, 3.63) is 57.1 Å². The molecule has 1 amide bonds. The molecule has 5 rings (SSSR count). The zero-order valence-electron chi connectivity index (χ0n) is 17.5. The van der Waals surface area contributed by atoms with Crippen molar-refractivity contribution in [2.75, 3.05) is 13.1 Å². The van der Waals surface area contributed by atoms with Crippen LogP contribution in [0.3, 0.4) is 0 Å². The van der Waals surface area contributed by atoms with E-state index in [0.29, 0.717) is 4.47 Å². The zero-order chi connectivity index (χ0) is 21.2. The number of nitrogens with one attached hydrogen (secondary N) is 1. The third-order valence-electron chi connectivity index (χ3n) is 6.71. The Morgan fingerprint density at radius 1 is 1.19 bits per heavy atom. The summed E-state index contributed by atoms with van der Waals surface area (Å²) >= 11 is 7.70. The summed E-state index contributed by atoms with van der Waals surface area (Å²) in [6.45, 7) is 3.17. The normalized spacial score (nSPS) is 21.7. The number of aromatic nitrogens is 2. The standard InChI is InChI=1S/C24H27ClN4OS/c25-24-28-21-15-29(14-11-22(21)31-24)13-10-16-6-8-17(9-7-16)27-23(30)19-3-1-5-20-18(19)4-2-12-26-20/h1-5,12,16-17H,6-11,13-15H2,(H,27,30). The highest BCUT2D eigenvalue weighted by molar-refractivity contribution is 7.15. The van der Waals surface area contributed by atoms with Gasteiger partial charge in [-0.25, -0.2) is 4.98 Å². The van der Waals surface area contributed by atoms with Crippen LogP contribution in [0, 0.1) is 5.92 Å². The van der Waals surface area contributed by atoms with E-state index in [-0.39, 0.29) is 11.9 Å². The lowest BCUT2D eigenvalue weighted by molar-refractivity contribution is 0.0921. The van der Waals surface area contributed by atoms with E-state index in [0.717, 1.165) is 61.3 Å². The van der Waals surface area contributed by atoms with E-state index in [4.69, 9.17) is 11.6 Å². The number of halogens is 1.